The molecule has 1 heterocycles. The zero-order chi connectivity index (χ0) is 5.98. The average molecular weight is 149 g/mol. The van der Waals surface area contributed by atoms with Crippen LogP contribution in [0.25, 0.3) is 0 Å². The molecule has 0 radical (unpaired) electrons. The Hall–Kier alpha value is -0.160. The molecule has 0 spiro atoms. The van der Waals surface area contributed by atoms with Gasteiger partial charge in [0.1, 0.15) is 0 Å². The van der Waals surface area contributed by atoms with Crippen LogP contribution < -0.4 is 29.6 Å². The maximum atomic E-state index is 9.88. The molecule has 1 aromatic rings. The van der Waals surface area contributed by atoms with Crippen LogP contribution in [0.2, 0.25) is 0 Å². The minimum Gasteiger partial charge on any atom is -0.870 e. The van der Waals surface area contributed by atoms with E-state index >= 15 is 0 Å². The van der Waals surface area contributed by atoms with Crippen molar-refractivity contribution in [3.8, 4) is 0 Å². The minimum absolute atomic E-state index is 0. The molecule has 0 aliphatic rings. The maximum Gasteiger partial charge on any atom is 1.00 e. The standard InChI is InChI=1S/C5H5N2O.Na.H2O/c1-7-3-2-6-5(7)4-8;;/h2-3H,1H3;;1H2/q-1;+1;/p-1. The van der Waals surface area contributed by atoms with Crippen LogP contribution in [0.1, 0.15) is 5.82 Å². The largest absolute Gasteiger partial charge is 1.00 e. The van der Waals surface area contributed by atoms with Crippen LogP contribution in [-0.2, 0) is 11.8 Å². The molecule has 1 aromatic heterocycles. The van der Waals surface area contributed by atoms with Crippen LogP contribution in [0.4, 0.5) is 0 Å². The number of aromatic nitrogens is 2. The molecule has 0 aromatic carbocycles. The van der Waals surface area contributed by atoms with Crippen LogP contribution in [0.15, 0.2) is 12.4 Å². The van der Waals surface area contributed by atoms with Crippen LogP contribution in [-0.4, -0.2) is 21.3 Å². The summed E-state index contributed by atoms with van der Waals surface area (Å²) in [6.45, 7) is 0. The molecule has 50 valence electrons. The maximum absolute atomic E-state index is 9.88. The van der Waals surface area contributed by atoms with Gasteiger partial charge in [0.25, 0.3) is 0 Å². The van der Waals surface area contributed by atoms with E-state index in [-0.39, 0.29) is 35.0 Å². The van der Waals surface area contributed by atoms with Gasteiger partial charge in [-0.1, -0.05) is 0 Å². The molecule has 5 heteroatoms. The second-order valence-corrected chi connectivity index (χ2v) is 1.46. The molecule has 0 bridgehead atoms. The zero-order valence-electron chi connectivity index (χ0n) is 5.90. The van der Waals surface area contributed by atoms with E-state index in [1.807, 2.05) is 0 Å². The first-order chi connectivity index (χ1) is 3.84. The fourth-order valence-electron chi connectivity index (χ4n) is 0.464. The summed E-state index contributed by atoms with van der Waals surface area (Å²) in [6.07, 6.45) is 4.93. The number of aryl methyl sites for hydroxylation is 1. The van der Waals surface area contributed by atoms with Crippen LogP contribution in [0.3, 0.4) is 0 Å². The fourth-order valence-corrected chi connectivity index (χ4v) is 0.464. The number of hydrogen-bond acceptors (Lipinski definition) is 3. The number of nitrogens with zero attached hydrogens (tertiary/aromatic N) is 2. The Labute approximate surface area is 80.9 Å². The molecular formula is C5H6N2NaO2-. The molecular weight excluding hydrogens is 143 g/mol. The van der Waals surface area contributed by atoms with E-state index in [1.165, 1.54) is 0 Å². The Morgan fingerprint density at radius 3 is 2.50 bits per heavy atom. The molecule has 4 nitrogen and oxygen atoms in total. The van der Waals surface area contributed by atoms with Gasteiger partial charge in [-0.05, 0) is 5.82 Å². The van der Waals surface area contributed by atoms with Crippen molar-refractivity contribution in [3.05, 3.63) is 18.2 Å². The summed E-state index contributed by atoms with van der Waals surface area (Å²) in [6, 6.07) is 0. The third kappa shape index (κ3) is 2.62. The van der Waals surface area contributed by atoms with Gasteiger partial charge in [-0.15, -0.1) is 0 Å². The van der Waals surface area contributed by atoms with Gasteiger partial charge in [-0.3, -0.25) is 4.98 Å². The predicted molar refractivity (Wildman–Crippen MR) is 29.9 cm³/mol. The SMILES string of the molecule is Cn1ccnc1[C-]=O.[Na+].[OH-]. The van der Waals surface area contributed by atoms with Gasteiger partial charge in [0.05, 0.1) is 0 Å². The first-order valence-corrected chi connectivity index (χ1v) is 2.20. The molecule has 1 N–H and O–H groups in total. The molecule has 0 saturated carbocycles. The van der Waals surface area contributed by atoms with Crippen molar-refractivity contribution in [2.75, 3.05) is 0 Å². The minimum atomic E-state index is 0. The molecule has 10 heavy (non-hydrogen) atoms. The quantitative estimate of drug-likeness (QED) is 0.310. The monoisotopic (exact) mass is 149 g/mol. The number of rotatable bonds is 1. The summed E-state index contributed by atoms with van der Waals surface area (Å²) >= 11 is 0. The van der Waals surface area contributed by atoms with E-state index in [9.17, 15) is 4.79 Å². The van der Waals surface area contributed by atoms with Gasteiger partial charge >= 0.3 is 29.6 Å². The van der Waals surface area contributed by atoms with Crippen molar-refractivity contribution in [2.24, 2.45) is 7.05 Å². The van der Waals surface area contributed by atoms with E-state index in [1.54, 1.807) is 30.3 Å². The molecule has 0 saturated heterocycles. The second-order valence-electron chi connectivity index (χ2n) is 1.46. The molecule has 0 aliphatic carbocycles. The average Bonchev–Trinajstić information content (AvgIpc) is 2.14. The number of carbonyl (C=O) groups excluding carboxylic acids is 1. The Morgan fingerprint density at radius 1 is 1.70 bits per heavy atom. The Bertz CT molecular complexity index is 199. The van der Waals surface area contributed by atoms with E-state index in [4.69, 9.17) is 0 Å². The molecule has 0 unspecified atom stereocenters. The third-order valence-electron chi connectivity index (χ3n) is 0.912. The van der Waals surface area contributed by atoms with E-state index < -0.39 is 0 Å². The van der Waals surface area contributed by atoms with Crippen molar-refractivity contribution in [1.82, 2.24) is 9.55 Å². The molecule has 0 amide bonds. The summed E-state index contributed by atoms with van der Waals surface area (Å²) in [7, 11) is 1.74. The summed E-state index contributed by atoms with van der Waals surface area (Å²) < 4.78 is 1.60. The summed E-state index contributed by atoms with van der Waals surface area (Å²) in [5.74, 6) is 0.338. The van der Waals surface area contributed by atoms with Crippen LogP contribution in [0, 0.1) is 0 Å². The Kier molecular flexibility index (Phi) is 7.02. The van der Waals surface area contributed by atoms with E-state index in [0.717, 1.165) is 0 Å². The van der Waals surface area contributed by atoms with E-state index in [2.05, 4.69) is 4.98 Å². The van der Waals surface area contributed by atoms with Crippen molar-refractivity contribution in [1.29, 1.82) is 0 Å². The van der Waals surface area contributed by atoms with Crippen LogP contribution >= 0.6 is 0 Å². The fraction of sp³-hybridized carbons (Fsp3) is 0.200. The number of imidazole rings is 1. The second kappa shape index (κ2) is 5.61. The van der Waals surface area contributed by atoms with Crippen molar-refractivity contribution < 1.29 is 39.8 Å². The summed E-state index contributed by atoms with van der Waals surface area (Å²) in [5, 5.41) is 0. The van der Waals surface area contributed by atoms with Gasteiger partial charge in [-0.2, -0.15) is 6.29 Å². The summed E-state index contributed by atoms with van der Waals surface area (Å²) in [4.78, 5) is 13.6. The van der Waals surface area contributed by atoms with Crippen LogP contribution in [0.5, 0.6) is 0 Å². The number of hydrogen-bond donors (Lipinski definition) is 0. The van der Waals surface area contributed by atoms with Gasteiger partial charge in [0.2, 0.25) is 0 Å². The predicted octanol–water partition coefficient (Wildman–Crippen LogP) is -3.29. The third-order valence-corrected chi connectivity index (χ3v) is 0.912. The Balaban J connectivity index is 0. The molecule has 0 atom stereocenters. The van der Waals surface area contributed by atoms with Crippen molar-refractivity contribution >= 4 is 6.29 Å². The van der Waals surface area contributed by atoms with Crippen molar-refractivity contribution in [2.45, 2.75) is 0 Å². The molecule has 1 rings (SSSR count). The molecule has 0 aliphatic heterocycles. The van der Waals surface area contributed by atoms with Gasteiger partial charge in [-0.25, -0.2) is 0 Å². The normalized spacial score (nSPS) is 7.30. The molecule has 0 fully saturated rings. The van der Waals surface area contributed by atoms with E-state index in [0.29, 0.717) is 5.82 Å². The van der Waals surface area contributed by atoms with Crippen molar-refractivity contribution in [3.63, 3.8) is 0 Å². The summed E-state index contributed by atoms with van der Waals surface area (Å²) in [5.41, 5.74) is 0. The smallest absolute Gasteiger partial charge is 0.870 e. The van der Waals surface area contributed by atoms with Gasteiger partial charge in [0.15, 0.2) is 0 Å². The zero-order valence-corrected chi connectivity index (χ0v) is 7.90. The first-order valence-electron chi connectivity index (χ1n) is 2.20. The van der Waals surface area contributed by atoms with Gasteiger partial charge < -0.3 is 14.8 Å². The Morgan fingerprint density at radius 2 is 2.30 bits per heavy atom. The van der Waals surface area contributed by atoms with Gasteiger partial charge in [0, 0.05) is 19.4 Å². The first kappa shape index (κ1) is 12.5. The topological polar surface area (TPSA) is 64.9 Å².